The number of aromatic nitrogens is 1. The summed E-state index contributed by atoms with van der Waals surface area (Å²) < 4.78 is 5.20. The minimum absolute atomic E-state index is 0.0974. The van der Waals surface area contributed by atoms with Crippen molar-refractivity contribution in [3.05, 3.63) is 57.2 Å². The Morgan fingerprint density at radius 1 is 1.14 bits per heavy atom. The first-order valence-electron chi connectivity index (χ1n) is 8.96. The predicted octanol–water partition coefficient (Wildman–Crippen LogP) is 4.81. The number of ether oxygens (including phenoxy) is 1. The number of Topliss-reactive ketones (excluding diaryl/α,β-unsaturated/α-hetero) is 1. The van der Waals surface area contributed by atoms with Gasteiger partial charge in [-0.15, -0.1) is 11.3 Å². The lowest BCUT2D eigenvalue weighted by molar-refractivity contribution is -0.118. The second-order valence-electron chi connectivity index (χ2n) is 6.67. The molecule has 1 aromatic carbocycles. The van der Waals surface area contributed by atoms with Crippen molar-refractivity contribution >= 4 is 46.0 Å². The van der Waals surface area contributed by atoms with Crippen LogP contribution in [0.4, 0.5) is 5.69 Å². The summed E-state index contributed by atoms with van der Waals surface area (Å²) in [4.78, 5) is 41.2. The summed E-state index contributed by atoms with van der Waals surface area (Å²) in [5, 5.41) is 7.42. The van der Waals surface area contributed by atoms with Crippen molar-refractivity contribution in [1.29, 1.82) is 0 Å². The highest BCUT2D eigenvalue weighted by atomic mass is 32.1. The molecule has 2 aromatic heterocycles. The lowest BCUT2D eigenvalue weighted by atomic mass is 10.1. The number of nitrogens with one attached hydrogen (secondary N) is 1. The lowest BCUT2D eigenvalue weighted by Crippen LogP contribution is -2.18. The first kappa shape index (κ1) is 20.9. The van der Waals surface area contributed by atoms with Gasteiger partial charge < -0.3 is 10.1 Å². The highest BCUT2D eigenvalue weighted by molar-refractivity contribution is 7.17. The summed E-state index contributed by atoms with van der Waals surface area (Å²) in [7, 11) is 0. The topological polar surface area (TPSA) is 85.4 Å². The zero-order chi connectivity index (χ0) is 21.0. The largest absolute Gasteiger partial charge is 0.453 e. The third-order valence-corrected chi connectivity index (χ3v) is 5.95. The molecule has 3 rings (SSSR count). The molecule has 0 aliphatic rings. The smallest absolute Gasteiger partial charge is 0.350 e. The maximum absolute atomic E-state index is 12.4. The Hall–Kier alpha value is -2.84. The summed E-state index contributed by atoms with van der Waals surface area (Å²) >= 11 is 2.81. The Labute approximate surface area is 176 Å². The first-order valence-corrected chi connectivity index (χ1v) is 10.7. The van der Waals surface area contributed by atoms with Crippen LogP contribution in [0.3, 0.4) is 0 Å². The molecule has 0 atom stereocenters. The number of hydrogen-bond donors (Lipinski definition) is 1. The van der Waals surface area contributed by atoms with Gasteiger partial charge in [0.15, 0.2) is 12.4 Å². The summed E-state index contributed by atoms with van der Waals surface area (Å²) in [5.74, 6) is -1.11. The molecule has 0 fully saturated rings. The van der Waals surface area contributed by atoms with Crippen LogP contribution < -0.4 is 5.32 Å². The van der Waals surface area contributed by atoms with E-state index in [0.29, 0.717) is 21.8 Å². The Kier molecular flexibility index (Phi) is 6.56. The molecular weight excluding hydrogens is 408 g/mol. The highest BCUT2D eigenvalue weighted by Crippen LogP contribution is 2.29. The molecule has 150 valence electrons. The van der Waals surface area contributed by atoms with E-state index in [-0.39, 0.29) is 24.2 Å². The van der Waals surface area contributed by atoms with Gasteiger partial charge in [-0.05, 0) is 42.6 Å². The van der Waals surface area contributed by atoms with Gasteiger partial charge in [0, 0.05) is 28.1 Å². The second kappa shape index (κ2) is 9.11. The standard InChI is InChI=1S/C21H20N2O4S2/c1-12(2)19(25)23-16-6-4-14(5-7-16)17(24)10-27-21(26)18-13(3)22-20(29-18)15-8-9-28-11-15/h4-9,11-12H,10H2,1-3H3,(H,23,25). The molecule has 0 saturated heterocycles. The molecule has 0 saturated carbocycles. The molecule has 6 nitrogen and oxygen atoms in total. The van der Waals surface area contributed by atoms with Crippen LogP contribution in [0.25, 0.3) is 10.6 Å². The highest BCUT2D eigenvalue weighted by Gasteiger charge is 2.19. The summed E-state index contributed by atoms with van der Waals surface area (Å²) in [6.45, 7) is 4.99. The van der Waals surface area contributed by atoms with E-state index in [0.717, 1.165) is 10.6 Å². The molecule has 1 amide bonds. The van der Waals surface area contributed by atoms with E-state index in [1.54, 1.807) is 56.4 Å². The monoisotopic (exact) mass is 428 g/mol. The van der Waals surface area contributed by atoms with Crippen molar-refractivity contribution in [3.63, 3.8) is 0 Å². The van der Waals surface area contributed by atoms with Gasteiger partial charge in [0.2, 0.25) is 5.91 Å². The number of carbonyl (C=O) groups is 3. The zero-order valence-corrected chi connectivity index (χ0v) is 17.9. The average molecular weight is 429 g/mol. The lowest BCUT2D eigenvalue weighted by Gasteiger charge is -2.08. The van der Waals surface area contributed by atoms with Gasteiger partial charge in [-0.25, -0.2) is 9.78 Å². The van der Waals surface area contributed by atoms with E-state index in [1.165, 1.54) is 11.3 Å². The van der Waals surface area contributed by atoms with Crippen molar-refractivity contribution in [3.8, 4) is 10.6 Å². The Balaban J connectivity index is 1.59. The van der Waals surface area contributed by atoms with Crippen LogP contribution in [-0.2, 0) is 9.53 Å². The number of aryl methyl sites for hydroxylation is 1. The van der Waals surface area contributed by atoms with Crippen molar-refractivity contribution in [1.82, 2.24) is 4.98 Å². The minimum atomic E-state index is -0.560. The molecule has 0 radical (unpaired) electrons. The van der Waals surface area contributed by atoms with Gasteiger partial charge >= 0.3 is 5.97 Å². The van der Waals surface area contributed by atoms with E-state index in [1.807, 2.05) is 16.8 Å². The predicted molar refractivity (Wildman–Crippen MR) is 115 cm³/mol. The van der Waals surface area contributed by atoms with Crippen LogP contribution in [-0.4, -0.2) is 29.3 Å². The van der Waals surface area contributed by atoms with Crippen LogP contribution >= 0.6 is 22.7 Å². The Bertz CT molecular complexity index is 1020. The number of benzene rings is 1. The molecular formula is C21H20N2O4S2. The number of anilines is 1. The first-order chi connectivity index (χ1) is 13.8. The third kappa shape index (κ3) is 5.16. The van der Waals surface area contributed by atoms with Crippen molar-refractivity contribution in [2.45, 2.75) is 20.8 Å². The second-order valence-corrected chi connectivity index (χ2v) is 8.45. The van der Waals surface area contributed by atoms with Gasteiger partial charge in [-0.1, -0.05) is 13.8 Å². The molecule has 0 aliphatic carbocycles. The fourth-order valence-corrected chi connectivity index (χ4v) is 4.07. The quantitative estimate of drug-likeness (QED) is 0.431. The number of hydrogen-bond acceptors (Lipinski definition) is 7. The van der Waals surface area contributed by atoms with Crippen LogP contribution in [0.5, 0.6) is 0 Å². The average Bonchev–Trinajstić information content (AvgIpc) is 3.36. The number of carbonyl (C=O) groups excluding carboxylic acids is 3. The molecule has 29 heavy (non-hydrogen) atoms. The molecule has 0 aliphatic heterocycles. The Morgan fingerprint density at radius 3 is 2.48 bits per heavy atom. The SMILES string of the molecule is Cc1nc(-c2ccsc2)sc1C(=O)OCC(=O)c1ccc(NC(=O)C(C)C)cc1. The number of esters is 1. The molecule has 2 heterocycles. The van der Waals surface area contributed by atoms with Gasteiger partial charge in [0.05, 0.1) is 5.69 Å². The van der Waals surface area contributed by atoms with Crippen molar-refractivity contribution < 1.29 is 19.1 Å². The van der Waals surface area contributed by atoms with Gasteiger partial charge in [0.25, 0.3) is 0 Å². The van der Waals surface area contributed by atoms with Crippen LogP contribution in [0.15, 0.2) is 41.1 Å². The van der Waals surface area contributed by atoms with E-state index >= 15 is 0 Å². The number of thiophene rings is 1. The molecule has 3 aromatic rings. The number of ketones is 1. The normalized spacial score (nSPS) is 10.8. The van der Waals surface area contributed by atoms with Crippen molar-refractivity contribution in [2.24, 2.45) is 5.92 Å². The number of rotatable bonds is 7. The maximum atomic E-state index is 12.4. The van der Waals surface area contributed by atoms with Crippen LogP contribution in [0, 0.1) is 12.8 Å². The summed E-state index contributed by atoms with van der Waals surface area (Å²) in [5.41, 5.74) is 2.56. The molecule has 0 unspecified atom stereocenters. The zero-order valence-electron chi connectivity index (χ0n) is 16.2. The fourth-order valence-electron chi connectivity index (χ4n) is 2.40. The minimum Gasteiger partial charge on any atom is -0.453 e. The molecule has 0 bridgehead atoms. The van der Waals surface area contributed by atoms with Crippen LogP contribution in [0.2, 0.25) is 0 Å². The van der Waals surface area contributed by atoms with Crippen LogP contribution in [0.1, 0.15) is 39.6 Å². The number of nitrogens with zero attached hydrogens (tertiary/aromatic N) is 1. The number of amides is 1. The molecule has 8 heteroatoms. The summed E-state index contributed by atoms with van der Waals surface area (Å²) in [6, 6.07) is 8.43. The fraction of sp³-hybridized carbons (Fsp3) is 0.238. The van der Waals surface area contributed by atoms with Crippen molar-refractivity contribution in [2.75, 3.05) is 11.9 Å². The van der Waals surface area contributed by atoms with E-state index in [4.69, 9.17) is 4.74 Å². The third-order valence-electron chi connectivity index (χ3n) is 4.08. The molecule has 0 spiro atoms. The van der Waals surface area contributed by atoms with E-state index in [9.17, 15) is 14.4 Å². The molecule has 1 N–H and O–H groups in total. The van der Waals surface area contributed by atoms with Gasteiger partial charge in [-0.2, -0.15) is 11.3 Å². The summed E-state index contributed by atoms with van der Waals surface area (Å²) in [6.07, 6.45) is 0. The van der Waals surface area contributed by atoms with Gasteiger partial charge in [-0.3, -0.25) is 9.59 Å². The maximum Gasteiger partial charge on any atom is 0.350 e. The van der Waals surface area contributed by atoms with E-state index in [2.05, 4.69) is 10.3 Å². The Morgan fingerprint density at radius 2 is 1.86 bits per heavy atom. The number of thiazole rings is 1. The van der Waals surface area contributed by atoms with E-state index < -0.39 is 5.97 Å². The van der Waals surface area contributed by atoms with Gasteiger partial charge in [0.1, 0.15) is 9.88 Å².